The van der Waals surface area contributed by atoms with E-state index in [4.69, 9.17) is 23.2 Å². The maximum Gasteiger partial charge on any atom is 0.414 e. The fourth-order valence-corrected chi connectivity index (χ4v) is 12.4. The van der Waals surface area contributed by atoms with Crippen LogP contribution in [0, 0.1) is 29.5 Å². The van der Waals surface area contributed by atoms with Gasteiger partial charge in [-0.1, -0.05) is 101 Å². The Bertz CT molecular complexity index is 2690. The zero-order valence-corrected chi connectivity index (χ0v) is 44.5. The highest BCUT2D eigenvalue weighted by Gasteiger charge is 2.70. The van der Waals surface area contributed by atoms with Gasteiger partial charge in [0.05, 0.1) is 23.2 Å². The van der Waals surface area contributed by atoms with E-state index in [0.717, 1.165) is 11.1 Å². The molecule has 4 aliphatic rings. The van der Waals surface area contributed by atoms with Gasteiger partial charge in [-0.3, -0.25) is 29.1 Å². The van der Waals surface area contributed by atoms with Gasteiger partial charge in [0.1, 0.15) is 30.2 Å². The molecular formula is C56H71FN4O9Si. The summed E-state index contributed by atoms with van der Waals surface area (Å²) in [5.41, 5.74) is -1.28. The number of ether oxygens (including phenoxy) is 3. The quantitative estimate of drug-likeness (QED) is 0.0715. The summed E-state index contributed by atoms with van der Waals surface area (Å²) in [5, 5.41) is 3.82. The highest BCUT2D eigenvalue weighted by Crippen LogP contribution is 2.60. The van der Waals surface area contributed by atoms with Crippen molar-refractivity contribution in [2.75, 3.05) is 32.1 Å². The third kappa shape index (κ3) is 9.55. The van der Waals surface area contributed by atoms with E-state index in [-0.39, 0.29) is 96.4 Å². The minimum atomic E-state index is -3.08. The zero-order chi connectivity index (χ0) is 51.5. The zero-order valence-electron chi connectivity index (χ0n) is 43.5. The number of carbonyl (C=O) groups is 4. The third-order valence-corrected chi connectivity index (χ3v) is 19.6. The van der Waals surface area contributed by atoms with Gasteiger partial charge in [0.2, 0.25) is 5.78 Å². The predicted octanol–water partition coefficient (Wildman–Crippen LogP) is 10.9. The van der Waals surface area contributed by atoms with E-state index in [1.54, 1.807) is 26.8 Å². The predicted molar refractivity (Wildman–Crippen MR) is 272 cm³/mol. The van der Waals surface area contributed by atoms with Crippen LogP contribution in [0.25, 0.3) is 0 Å². The van der Waals surface area contributed by atoms with Gasteiger partial charge in [-0.15, -0.1) is 6.58 Å². The topological polar surface area (TPSA) is 141 Å². The molecule has 13 nitrogen and oxygen atoms in total. The molecule has 1 fully saturated rings. The van der Waals surface area contributed by atoms with Gasteiger partial charge < -0.3 is 23.2 Å². The van der Waals surface area contributed by atoms with E-state index in [2.05, 4.69) is 30.5 Å². The molecule has 0 bridgehead atoms. The molecule has 71 heavy (non-hydrogen) atoms. The number of carbonyl (C=O) groups excluding carboxylic acids is 4. The van der Waals surface area contributed by atoms with Crippen LogP contribution in [-0.2, 0) is 40.1 Å². The number of amides is 1. The Labute approximate surface area is 419 Å². The highest BCUT2D eigenvalue weighted by molar-refractivity contribution is 6.74. The Kier molecular flexibility index (Phi) is 14.2. The Morgan fingerprint density at radius 3 is 2.14 bits per heavy atom. The molecule has 380 valence electrons. The van der Waals surface area contributed by atoms with E-state index in [1.165, 1.54) is 4.90 Å². The lowest BCUT2D eigenvalue weighted by molar-refractivity contribution is -0.151. The summed E-state index contributed by atoms with van der Waals surface area (Å²) in [4.78, 5) is 68.5. The lowest BCUT2D eigenvalue weighted by atomic mass is 9.54. The Balaban J connectivity index is 1.35. The fourth-order valence-electron chi connectivity index (χ4n) is 11.0. The molecule has 3 aromatic carbocycles. The number of halogens is 1. The Hall–Kier alpha value is -5.48. The summed E-state index contributed by atoms with van der Waals surface area (Å²) in [6.45, 7) is 24.2. The molecular weight excluding hydrogens is 920 g/mol. The molecule has 4 aromatic rings. The molecule has 1 aliphatic heterocycles. The van der Waals surface area contributed by atoms with Crippen LogP contribution in [0.1, 0.15) is 123 Å². The number of nitrogens with zero attached hydrogens (tertiary/aromatic N) is 4. The average Bonchev–Trinajstić information content (AvgIpc) is 3.64. The second-order valence-corrected chi connectivity index (χ2v) is 27.8. The number of anilines is 1. The molecule has 3 aliphatic carbocycles. The summed E-state index contributed by atoms with van der Waals surface area (Å²) in [5.74, 6) is -5.41. The molecule has 1 amide bonds. The van der Waals surface area contributed by atoms with Gasteiger partial charge in [-0.25, -0.2) is 9.18 Å². The van der Waals surface area contributed by atoms with Crippen LogP contribution >= 0.6 is 0 Å². The van der Waals surface area contributed by atoms with Gasteiger partial charge in [0.15, 0.2) is 37.0 Å². The van der Waals surface area contributed by atoms with Crippen LogP contribution < -0.4 is 14.4 Å². The molecule has 2 heterocycles. The largest absolute Gasteiger partial charge is 0.486 e. The summed E-state index contributed by atoms with van der Waals surface area (Å²) in [6, 6.07) is 17.8. The lowest BCUT2D eigenvalue weighted by Gasteiger charge is -2.56. The van der Waals surface area contributed by atoms with Crippen molar-refractivity contribution in [3.63, 3.8) is 0 Å². The molecule has 15 heteroatoms. The minimum Gasteiger partial charge on any atom is -0.486 e. The molecule has 0 N–H and O–H groups in total. The number of fused-ring (bicyclic) bond motifs is 5. The lowest BCUT2D eigenvalue weighted by Crippen LogP contribution is -2.70. The summed E-state index contributed by atoms with van der Waals surface area (Å²) in [7, 11) is 0.602. The summed E-state index contributed by atoms with van der Waals surface area (Å²) < 4.78 is 50.9. The molecule has 0 saturated heterocycles. The van der Waals surface area contributed by atoms with Gasteiger partial charge in [0, 0.05) is 42.7 Å². The van der Waals surface area contributed by atoms with Crippen molar-refractivity contribution in [3.8, 4) is 11.6 Å². The number of hydrogen-bond donors (Lipinski definition) is 0. The van der Waals surface area contributed by atoms with Crippen molar-refractivity contribution in [2.45, 2.75) is 136 Å². The molecule has 6 atom stereocenters. The van der Waals surface area contributed by atoms with Gasteiger partial charge in [0.25, 0.3) is 5.88 Å². The number of ketones is 3. The van der Waals surface area contributed by atoms with Gasteiger partial charge in [-0.2, -0.15) is 0 Å². The molecule has 0 radical (unpaired) electrons. The standard InChI is InChI=1S/C56H71FN4O9Si/c1-14-25-60-30-39-44(57)38-27-36-28-40-46(59(10)11)49-43(52(58-69-49)67-32-35-23-19-16-20-24-35)51(64)56(40,70-71(12,13)55(7,8)9)50(63)41(36)47(62)42(38)48(66-31-34-21-17-15-18-22-34)45(39)61(29-37(60)26-33(2)3)53(65)68-54(4,5)6/h14-24,33,36-37,40-41,46H,1,25-32H2,2-13H3/t36-,37+,40-,41?,46-,56-/m0/s1. The van der Waals surface area contributed by atoms with Crippen LogP contribution in [0.2, 0.25) is 18.1 Å². The second kappa shape index (κ2) is 19.5. The number of aromatic nitrogens is 1. The first kappa shape index (κ1) is 51.9. The van der Waals surface area contributed by atoms with Crippen molar-refractivity contribution in [1.82, 2.24) is 15.0 Å². The normalized spacial score (nSPS) is 23.6. The van der Waals surface area contributed by atoms with E-state index in [0.29, 0.717) is 13.0 Å². The summed E-state index contributed by atoms with van der Waals surface area (Å²) >= 11 is 0. The molecule has 1 saturated carbocycles. The van der Waals surface area contributed by atoms with E-state index < -0.39 is 77.6 Å². The molecule has 8 rings (SSSR count). The van der Waals surface area contributed by atoms with Crippen molar-refractivity contribution in [3.05, 3.63) is 118 Å². The van der Waals surface area contributed by atoms with Crippen LogP contribution in [0.4, 0.5) is 14.9 Å². The van der Waals surface area contributed by atoms with Gasteiger partial charge >= 0.3 is 6.09 Å². The second-order valence-electron chi connectivity index (χ2n) is 23.0. The highest BCUT2D eigenvalue weighted by atomic mass is 28.4. The van der Waals surface area contributed by atoms with E-state index in [1.807, 2.05) is 114 Å². The van der Waals surface area contributed by atoms with Crippen LogP contribution in [-0.4, -0.2) is 91.1 Å². The van der Waals surface area contributed by atoms with E-state index >= 15 is 18.8 Å². The maximum absolute atomic E-state index is 18.3. The fraction of sp³-hybridized carbons (Fsp3) is 0.518. The Morgan fingerprint density at radius 1 is 0.958 bits per heavy atom. The van der Waals surface area contributed by atoms with Crippen LogP contribution in [0.15, 0.2) is 77.8 Å². The summed E-state index contributed by atoms with van der Waals surface area (Å²) in [6.07, 6.45) is 1.80. The van der Waals surface area contributed by atoms with Crippen molar-refractivity contribution in [1.29, 1.82) is 0 Å². The maximum atomic E-state index is 18.3. The first-order valence-electron chi connectivity index (χ1n) is 25.0. The molecule has 1 unspecified atom stereocenters. The van der Waals surface area contributed by atoms with E-state index in [9.17, 15) is 4.79 Å². The van der Waals surface area contributed by atoms with Crippen molar-refractivity contribution >= 4 is 37.4 Å². The third-order valence-electron chi connectivity index (χ3n) is 15.1. The number of rotatable bonds is 13. The average molecular weight is 991 g/mol. The molecule has 1 aromatic heterocycles. The minimum absolute atomic E-state index is 0.00123. The monoisotopic (exact) mass is 990 g/mol. The van der Waals surface area contributed by atoms with Crippen molar-refractivity contribution < 1.29 is 46.7 Å². The number of Topliss-reactive ketones (excluding diaryl/α,β-unsaturated/α-hetero) is 3. The Morgan fingerprint density at radius 2 is 1.58 bits per heavy atom. The first-order chi connectivity index (χ1) is 33.4. The smallest absolute Gasteiger partial charge is 0.414 e. The number of hydrogen-bond acceptors (Lipinski definition) is 12. The van der Waals surface area contributed by atoms with Crippen molar-refractivity contribution in [2.24, 2.45) is 23.7 Å². The van der Waals surface area contributed by atoms with Crippen LogP contribution in [0.5, 0.6) is 11.6 Å². The van der Waals surface area contributed by atoms with Gasteiger partial charge in [-0.05, 0) is 100 Å². The first-order valence-corrected chi connectivity index (χ1v) is 27.9. The van der Waals surface area contributed by atoms with Crippen LogP contribution in [0.3, 0.4) is 0 Å². The SMILES string of the molecule is C=CCN1Cc2c(F)c3c(c(OCc4ccccc4)c2N(C(=O)OC(C)(C)C)C[C@H]1CC(C)C)C(=O)C1C(=O)[C@]2(O[Si](C)(C)C(C)(C)C)C(=O)c4c(OCc5ccccc5)noc4[C@@H](N(C)C)[C@@H]2C[C@@H]1C3. The number of benzene rings is 3. The molecule has 0 spiro atoms.